The van der Waals surface area contributed by atoms with E-state index < -0.39 is 0 Å². The number of nitrogens with zero attached hydrogens (tertiary/aromatic N) is 4. The van der Waals surface area contributed by atoms with Crippen LogP contribution in [0.1, 0.15) is 46.0 Å². The zero-order valence-electron chi connectivity index (χ0n) is 11.4. The summed E-state index contributed by atoms with van der Waals surface area (Å²) in [5.41, 5.74) is 0. The lowest BCUT2D eigenvalue weighted by Crippen LogP contribution is -2.36. The third-order valence-corrected chi connectivity index (χ3v) is 3.99. The van der Waals surface area contributed by atoms with E-state index in [0.29, 0.717) is 22.9 Å². The van der Waals surface area contributed by atoms with Crippen LogP contribution < -0.4 is 4.90 Å². The predicted octanol–water partition coefficient (Wildman–Crippen LogP) is 3.97. The highest BCUT2D eigenvalue weighted by Crippen LogP contribution is 2.31. The predicted molar refractivity (Wildman–Crippen MR) is 78.9 cm³/mol. The topological polar surface area (TPSA) is 41.9 Å². The molecule has 1 aromatic rings. The van der Waals surface area contributed by atoms with Crippen LogP contribution in [0.15, 0.2) is 0 Å². The van der Waals surface area contributed by atoms with Crippen LogP contribution in [0.5, 0.6) is 0 Å². The first kappa shape index (κ1) is 14.8. The third-order valence-electron chi connectivity index (χ3n) is 3.59. The van der Waals surface area contributed by atoms with Crippen molar-refractivity contribution in [2.45, 2.75) is 52.0 Å². The number of halogens is 2. The van der Waals surface area contributed by atoms with E-state index in [1.54, 1.807) is 0 Å². The van der Waals surface area contributed by atoms with Crippen LogP contribution in [0, 0.1) is 5.92 Å². The molecule has 1 aliphatic carbocycles. The molecule has 1 aromatic heterocycles. The molecule has 4 nitrogen and oxygen atoms in total. The largest absolute Gasteiger partial charge is 0.351 e. The lowest BCUT2D eigenvalue weighted by Gasteiger charge is -2.30. The molecule has 6 heteroatoms. The molecule has 1 fully saturated rings. The zero-order valence-corrected chi connectivity index (χ0v) is 13.0. The van der Waals surface area contributed by atoms with Gasteiger partial charge in [0.2, 0.25) is 5.28 Å². The lowest BCUT2D eigenvalue weighted by atomic mass is 10.1. The molecule has 1 aliphatic rings. The summed E-state index contributed by atoms with van der Waals surface area (Å²) in [5, 5.41) is 8.07. The minimum atomic E-state index is 0.159. The second kappa shape index (κ2) is 6.71. The smallest absolute Gasteiger partial charge is 0.245 e. The second-order valence-electron chi connectivity index (χ2n) is 5.51. The molecule has 0 aliphatic heterocycles. The first-order valence-electron chi connectivity index (χ1n) is 6.90. The Morgan fingerprint density at radius 2 is 1.89 bits per heavy atom. The molecule has 0 N–H and O–H groups in total. The quantitative estimate of drug-likeness (QED) is 0.825. The average molecular weight is 303 g/mol. The highest BCUT2D eigenvalue weighted by Gasteiger charge is 2.26. The Morgan fingerprint density at radius 1 is 1.21 bits per heavy atom. The summed E-state index contributed by atoms with van der Waals surface area (Å²) in [4.78, 5) is 6.56. The van der Waals surface area contributed by atoms with Crippen molar-refractivity contribution in [1.82, 2.24) is 15.2 Å². The van der Waals surface area contributed by atoms with Crippen molar-refractivity contribution < 1.29 is 0 Å². The number of hydrogen-bond acceptors (Lipinski definition) is 4. The van der Waals surface area contributed by atoms with Crippen LogP contribution >= 0.6 is 23.2 Å². The van der Waals surface area contributed by atoms with E-state index in [-0.39, 0.29) is 5.28 Å². The van der Waals surface area contributed by atoms with E-state index in [0.717, 1.165) is 13.0 Å². The fraction of sp³-hybridized carbons (Fsp3) is 0.769. The molecule has 0 radical (unpaired) electrons. The van der Waals surface area contributed by atoms with Crippen molar-refractivity contribution in [2.24, 2.45) is 5.92 Å². The maximum atomic E-state index is 6.15. The Bertz CT molecular complexity index is 419. The van der Waals surface area contributed by atoms with Crippen molar-refractivity contribution >= 4 is 29.0 Å². The van der Waals surface area contributed by atoms with Gasteiger partial charge in [-0.3, -0.25) is 0 Å². The molecule has 1 heterocycles. The molecule has 0 aromatic carbocycles. The summed E-state index contributed by atoms with van der Waals surface area (Å²) in [6.45, 7) is 5.39. The summed E-state index contributed by atoms with van der Waals surface area (Å²) < 4.78 is 0. The molecule has 0 atom stereocenters. The maximum Gasteiger partial charge on any atom is 0.245 e. The minimum Gasteiger partial charge on any atom is -0.351 e. The number of rotatable bonds is 5. The van der Waals surface area contributed by atoms with Crippen molar-refractivity contribution in [3.8, 4) is 0 Å². The van der Waals surface area contributed by atoms with Crippen molar-refractivity contribution in [3.63, 3.8) is 0 Å². The normalized spacial score (nSPS) is 16.3. The van der Waals surface area contributed by atoms with Crippen LogP contribution in [-0.4, -0.2) is 27.8 Å². The average Bonchev–Trinajstić information content (AvgIpc) is 2.87. The fourth-order valence-electron chi connectivity index (χ4n) is 2.54. The second-order valence-corrected chi connectivity index (χ2v) is 6.21. The molecule has 0 amide bonds. The Kier molecular flexibility index (Phi) is 5.22. The number of hydrogen-bond donors (Lipinski definition) is 0. The van der Waals surface area contributed by atoms with E-state index in [4.69, 9.17) is 23.2 Å². The van der Waals surface area contributed by atoms with Crippen LogP contribution in [0.25, 0.3) is 0 Å². The van der Waals surface area contributed by atoms with Gasteiger partial charge in [0.1, 0.15) is 0 Å². The van der Waals surface area contributed by atoms with Crippen molar-refractivity contribution in [1.29, 1.82) is 0 Å². The van der Waals surface area contributed by atoms with Gasteiger partial charge < -0.3 is 4.90 Å². The monoisotopic (exact) mass is 302 g/mol. The van der Waals surface area contributed by atoms with Gasteiger partial charge in [0, 0.05) is 12.6 Å². The van der Waals surface area contributed by atoms with Crippen LogP contribution in [0.2, 0.25) is 10.4 Å². The van der Waals surface area contributed by atoms with E-state index in [1.807, 2.05) is 0 Å². The molecule has 2 rings (SSSR count). The molecule has 1 saturated carbocycles. The van der Waals surface area contributed by atoms with Gasteiger partial charge in [0.05, 0.1) is 0 Å². The zero-order chi connectivity index (χ0) is 13.8. The van der Waals surface area contributed by atoms with Gasteiger partial charge in [-0.15, -0.1) is 10.2 Å². The van der Waals surface area contributed by atoms with Crippen LogP contribution in [0.3, 0.4) is 0 Å². The molecule has 0 bridgehead atoms. The first-order chi connectivity index (χ1) is 9.08. The summed E-state index contributed by atoms with van der Waals surface area (Å²) in [6, 6.07) is 0.504. The van der Waals surface area contributed by atoms with Crippen molar-refractivity contribution in [2.75, 3.05) is 11.4 Å². The van der Waals surface area contributed by atoms with Gasteiger partial charge in [0.25, 0.3) is 0 Å². The van der Waals surface area contributed by atoms with Crippen LogP contribution in [-0.2, 0) is 0 Å². The molecule has 106 valence electrons. The fourth-order valence-corrected chi connectivity index (χ4v) is 2.85. The highest BCUT2D eigenvalue weighted by molar-refractivity contribution is 6.32. The Balaban J connectivity index is 2.21. The Labute approximate surface area is 124 Å². The summed E-state index contributed by atoms with van der Waals surface area (Å²) in [5.74, 6) is 1.34. The summed E-state index contributed by atoms with van der Waals surface area (Å²) in [7, 11) is 0. The molecule has 0 spiro atoms. The molecular formula is C13H20Cl2N4. The lowest BCUT2D eigenvalue weighted by molar-refractivity contribution is 0.524. The number of aromatic nitrogens is 3. The van der Waals surface area contributed by atoms with Gasteiger partial charge >= 0.3 is 0 Å². The van der Waals surface area contributed by atoms with E-state index in [1.165, 1.54) is 25.7 Å². The standard InChI is InChI=1S/C13H20Cl2N4/c1-9(2)7-8-19(10-5-3-4-6-10)12-11(14)17-18-13(15)16-12/h9-10H,3-8H2,1-2H3. The van der Waals surface area contributed by atoms with E-state index in [2.05, 4.69) is 33.9 Å². The molecule has 0 saturated heterocycles. The Morgan fingerprint density at radius 3 is 2.53 bits per heavy atom. The first-order valence-corrected chi connectivity index (χ1v) is 7.66. The Hall–Kier alpha value is -0.610. The van der Waals surface area contributed by atoms with Gasteiger partial charge in [-0.2, -0.15) is 4.98 Å². The van der Waals surface area contributed by atoms with Gasteiger partial charge in [0.15, 0.2) is 11.0 Å². The van der Waals surface area contributed by atoms with Crippen LogP contribution in [0.4, 0.5) is 5.82 Å². The highest BCUT2D eigenvalue weighted by atomic mass is 35.5. The van der Waals surface area contributed by atoms with Crippen molar-refractivity contribution in [3.05, 3.63) is 10.4 Å². The van der Waals surface area contributed by atoms with Gasteiger partial charge in [-0.25, -0.2) is 0 Å². The number of anilines is 1. The van der Waals surface area contributed by atoms with E-state index in [9.17, 15) is 0 Å². The summed E-state index contributed by atoms with van der Waals surface area (Å²) >= 11 is 12.0. The van der Waals surface area contributed by atoms with Gasteiger partial charge in [-0.05, 0) is 36.8 Å². The molecule has 0 unspecified atom stereocenters. The van der Waals surface area contributed by atoms with E-state index >= 15 is 0 Å². The SMILES string of the molecule is CC(C)CCN(c1nc(Cl)nnc1Cl)C1CCCC1. The molecular weight excluding hydrogens is 283 g/mol. The minimum absolute atomic E-state index is 0.159. The molecule has 19 heavy (non-hydrogen) atoms. The third kappa shape index (κ3) is 3.93. The van der Waals surface area contributed by atoms with Gasteiger partial charge in [-0.1, -0.05) is 38.3 Å². The maximum absolute atomic E-state index is 6.15. The summed E-state index contributed by atoms with van der Waals surface area (Å²) in [6.07, 6.45) is 6.03.